The molecular formula is C10H21N. The molecule has 1 heterocycles. The molecule has 0 aromatic heterocycles. The van der Waals surface area contributed by atoms with E-state index >= 15 is 0 Å². The van der Waals surface area contributed by atoms with Gasteiger partial charge < -0.3 is 5.32 Å². The number of hydrogen-bond donors (Lipinski definition) is 1. The molecule has 0 saturated carbocycles. The second kappa shape index (κ2) is 3.57. The molecule has 3 atom stereocenters. The second-order valence-electron chi connectivity index (χ2n) is 4.23. The predicted octanol–water partition coefficient (Wildman–Crippen LogP) is 2.28. The minimum absolute atomic E-state index is 0.773. The van der Waals surface area contributed by atoms with Crippen molar-refractivity contribution >= 4 is 0 Å². The summed E-state index contributed by atoms with van der Waals surface area (Å²) in [5.74, 6) is 2.59. The Labute approximate surface area is 70.6 Å². The van der Waals surface area contributed by atoms with Crippen molar-refractivity contribution in [3.8, 4) is 0 Å². The zero-order valence-electron chi connectivity index (χ0n) is 8.22. The molecule has 11 heavy (non-hydrogen) atoms. The van der Waals surface area contributed by atoms with Gasteiger partial charge in [-0.2, -0.15) is 0 Å². The van der Waals surface area contributed by atoms with Crippen LogP contribution in [0.2, 0.25) is 0 Å². The lowest BCUT2D eigenvalue weighted by molar-refractivity contribution is 0.310. The minimum Gasteiger partial charge on any atom is -0.313 e. The molecule has 0 aromatic rings. The van der Waals surface area contributed by atoms with Gasteiger partial charge in [-0.3, -0.25) is 0 Å². The Morgan fingerprint density at radius 3 is 2.45 bits per heavy atom. The van der Waals surface area contributed by atoms with E-state index in [2.05, 4.69) is 33.0 Å². The largest absolute Gasteiger partial charge is 0.313 e. The molecule has 0 amide bonds. The van der Waals surface area contributed by atoms with Gasteiger partial charge in [0.15, 0.2) is 0 Å². The third-order valence-corrected chi connectivity index (χ3v) is 3.06. The van der Waals surface area contributed by atoms with Gasteiger partial charge in [-0.25, -0.2) is 0 Å². The summed E-state index contributed by atoms with van der Waals surface area (Å²) in [7, 11) is 0. The number of nitrogens with one attached hydrogen (secondary N) is 1. The summed E-state index contributed by atoms with van der Waals surface area (Å²) in [5, 5.41) is 3.61. The van der Waals surface area contributed by atoms with Crippen LogP contribution >= 0.6 is 0 Å². The smallest absolute Gasteiger partial charge is 0.0121 e. The van der Waals surface area contributed by atoms with Crippen molar-refractivity contribution < 1.29 is 0 Å². The van der Waals surface area contributed by atoms with Crippen LogP contribution in [0.3, 0.4) is 0 Å². The summed E-state index contributed by atoms with van der Waals surface area (Å²) in [6.07, 6.45) is 1.33. The van der Waals surface area contributed by atoms with E-state index in [4.69, 9.17) is 0 Å². The maximum Gasteiger partial charge on any atom is 0.0121 e. The maximum atomic E-state index is 3.61. The van der Waals surface area contributed by atoms with E-state index in [1.807, 2.05) is 0 Å². The molecule has 0 aromatic carbocycles. The Hall–Kier alpha value is -0.0400. The fourth-order valence-electron chi connectivity index (χ4n) is 2.37. The Balaban J connectivity index is 2.54. The first kappa shape index (κ1) is 9.05. The first-order chi connectivity index (χ1) is 5.16. The average Bonchev–Trinajstić information content (AvgIpc) is 2.30. The van der Waals surface area contributed by atoms with E-state index in [9.17, 15) is 0 Å². The summed E-state index contributed by atoms with van der Waals surface area (Å²) < 4.78 is 0. The van der Waals surface area contributed by atoms with E-state index in [0.29, 0.717) is 0 Å². The van der Waals surface area contributed by atoms with E-state index in [1.54, 1.807) is 0 Å². The minimum atomic E-state index is 0.773. The van der Waals surface area contributed by atoms with Crippen molar-refractivity contribution in [3.63, 3.8) is 0 Å². The van der Waals surface area contributed by atoms with Gasteiger partial charge in [0, 0.05) is 6.04 Å². The third-order valence-electron chi connectivity index (χ3n) is 3.06. The molecule has 1 saturated heterocycles. The molecule has 1 heteroatoms. The van der Waals surface area contributed by atoms with E-state index in [-0.39, 0.29) is 0 Å². The van der Waals surface area contributed by atoms with Gasteiger partial charge in [-0.05, 0) is 24.3 Å². The lowest BCUT2D eigenvalue weighted by atomic mass is 9.84. The number of hydrogen-bond acceptors (Lipinski definition) is 1. The molecular weight excluding hydrogens is 134 g/mol. The number of rotatable bonds is 2. The summed E-state index contributed by atoms with van der Waals surface area (Å²) in [6.45, 7) is 10.5. The molecule has 1 rings (SSSR count). The van der Waals surface area contributed by atoms with Gasteiger partial charge >= 0.3 is 0 Å². The van der Waals surface area contributed by atoms with E-state index < -0.39 is 0 Å². The molecule has 3 unspecified atom stereocenters. The van der Waals surface area contributed by atoms with Crippen LogP contribution in [-0.4, -0.2) is 12.6 Å². The Bertz CT molecular complexity index is 120. The second-order valence-corrected chi connectivity index (χ2v) is 4.23. The van der Waals surface area contributed by atoms with Gasteiger partial charge in [-0.15, -0.1) is 0 Å². The highest BCUT2D eigenvalue weighted by Crippen LogP contribution is 2.28. The van der Waals surface area contributed by atoms with Crippen LogP contribution in [0, 0.1) is 17.8 Å². The molecule has 1 fully saturated rings. The van der Waals surface area contributed by atoms with Gasteiger partial charge in [-0.1, -0.05) is 34.1 Å². The van der Waals surface area contributed by atoms with Gasteiger partial charge in [0.1, 0.15) is 0 Å². The van der Waals surface area contributed by atoms with Crippen LogP contribution in [0.1, 0.15) is 34.1 Å². The van der Waals surface area contributed by atoms with E-state index in [0.717, 1.165) is 23.8 Å². The summed E-state index contributed by atoms with van der Waals surface area (Å²) in [5.41, 5.74) is 0. The van der Waals surface area contributed by atoms with Crippen molar-refractivity contribution in [2.45, 2.75) is 40.2 Å². The van der Waals surface area contributed by atoms with E-state index in [1.165, 1.54) is 13.0 Å². The fourth-order valence-corrected chi connectivity index (χ4v) is 2.37. The highest BCUT2D eigenvalue weighted by molar-refractivity contribution is 4.89. The standard InChI is InChI=1S/C10H21N/c1-5-9-8(4)6-11-10(9)7(2)3/h7-11H,5-6H2,1-4H3. The predicted molar refractivity (Wildman–Crippen MR) is 49.6 cm³/mol. The van der Waals surface area contributed by atoms with Crippen LogP contribution < -0.4 is 5.32 Å². The molecule has 1 aliphatic rings. The summed E-state index contributed by atoms with van der Waals surface area (Å²) >= 11 is 0. The summed E-state index contributed by atoms with van der Waals surface area (Å²) in [4.78, 5) is 0. The first-order valence-corrected chi connectivity index (χ1v) is 4.90. The van der Waals surface area contributed by atoms with Gasteiger partial charge in [0.2, 0.25) is 0 Å². The van der Waals surface area contributed by atoms with Crippen molar-refractivity contribution in [2.24, 2.45) is 17.8 Å². The van der Waals surface area contributed by atoms with Crippen molar-refractivity contribution in [3.05, 3.63) is 0 Å². The van der Waals surface area contributed by atoms with Crippen LogP contribution in [0.15, 0.2) is 0 Å². The Morgan fingerprint density at radius 1 is 1.45 bits per heavy atom. The first-order valence-electron chi connectivity index (χ1n) is 4.90. The van der Waals surface area contributed by atoms with Crippen molar-refractivity contribution in [2.75, 3.05) is 6.54 Å². The molecule has 1 aliphatic heterocycles. The Morgan fingerprint density at radius 2 is 2.09 bits per heavy atom. The highest BCUT2D eigenvalue weighted by atomic mass is 15.0. The zero-order chi connectivity index (χ0) is 8.43. The third kappa shape index (κ3) is 1.76. The fraction of sp³-hybridized carbons (Fsp3) is 1.00. The molecule has 0 bridgehead atoms. The van der Waals surface area contributed by atoms with Crippen molar-refractivity contribution in [1.82, 2.24) is 5.32 Å². The monoisotopic (exact) mass is 155 g/mol. The van der Waals surface area contributed by atoms with Crippen LogP contribution in [-0.2, 0) is 0 Å². The zero-order valence-corrected chi connectivity index (χ0v) is 8.22. The van der Waals surface area contributed by atoms with Gasteiger partial charge in [0.25, 0.3) is 0 Å². The maximum absolute atomic E-state index is 3.61. The SMILES string of the molecule is CCC1C(C)CNC1C(C)C. The lowest BCUT2D eigenvalue weighted by Gasteiger charge is -2.23. The normalized spacial score (nSPS) is 38.5. The highest BCUT2D eigenvalue weighted by Gasteiger charge is 2.32. The average molecular weight is 155 g/mol. The molecule has 66 valence electrons. The van der Waals surface area contributed by atoms with Crippen molar-refractivity contribution in [1.29, 1.82) is 0 Å². The lowest BCUT2D eigenvalue weighted by Crippen LogP contribution is -2.32. The van der Waals surface area contributed by atoms with Crippen LogP contribution in [0.5, 0.6) is 0 Å². The topological polar surface area (TPSA) is 12.0 Å². The Kier molecular flexibility index (Phi) is 2.94. The molecule has 0 spiro atoms. The van der Waals surface area contributed by atoms with Crippen LogP contribution in [0.25, 0.3) is 0 Å². The molecule has 1 nitrogen and oxygen atoms in total. The summed E-state index contributed by atoms with van der Waals surface area (Å²) in [6, 6.07) is 0.773. The molecule has 0 aliphatic carbocycles. The van der Waals surface area contributed by atoms with Crippen LogP contribution in [0.4, 0.5) is 0 Å². The molecule has 1 N–H and O–H groups in total. The van der Waals surface area contributed by atoms with Gasteiger partial charge in [0.05, 0.1) is 0 Å². The quantitative estimate of drug-likeness (QED) is 0.645. The molecule has 0 radical (unpaired) electrons.